The first kappa shape index (κ1) is 19.2. The summed E-state index contributed by atoms with van der Waals surface area (Å²) in [6, 6.07) is 9.71. The van der Waals surface area contributed by atoms with Gasteiger partial charge in [0.2, 0.25) is 0 Å². The lowest BCUT2D eigenvalue weighted by molar-refractivity contribution is 0.0693. The molecule has 1 atom stereocenters. The van der Waals surface area contributed by atoms with Crippen LogP contribution in [-0.4, -0.2) is 57.1 Å². The van der Waals surface area contributed by atoms with Crippen LogP contribution < -0.4 is 16.0 Å². The molecule has 0 aromatic heterocycles. The smallest absolute Gasteiger partial charge is 0.450 e. The van der Waals surface area contributed by atoms with E-state index >= 15 is 0 Å². The molecule has 0 aliphatic heterocycles. The molecule has 1 rings (SSSR count). The second kappa shape index (κ2) is 12.6. The van der Waals surface area contributed by atoms with Gasteiger partial charge in [-0.05, 0) is 18.7 Å². The third kappa shape index (κ3) is 10.5. The molecule has 0 bridgehead atoms. The Balaban J connectivity index is 2.26. The molecule has 0 fully saturated rings. The third-order valence-corrected chi connectivity index (χ3v) is 3.18. The Hall–Kier alpha value is -1.89. The Morgan fingerprint density at radius 1 is 1.17 bits per heavy atom. The van der Waals surface area contributed by atoms with Crippen LogP contribution in [0.2, 0.25) is 0 Å². The summed E-state index contributed by atoms with van der Waals surface area (Å²) in [7, 11) is 1.93. The quantitative estimate of drug-likeness (QED) is 0.263. The molecule has 0 spiro atoms. The second-order valence-electron chi connectivity index (χ2n) is 5.10. The fraction of sp³-hybridized carbons (Fsp3) is 0.471. The number of likely N-dealkylation sites (N-methyl/N-ethyl adjacent to an activating group) is 1. The summed E-state index contributed by atoms with van der Waals surface area (Å²) in [5, 5.41) is 18.4. The fourth-order valence-corrected chi connectivity index (χ4v) is 2.05. The summed E-state index contributed by atoms with van der Waals surface area (Å²) in [4.78, 5) is 10.8. The van der Waals surface area contributed by atoms with Crippen LogP contribution in [0.1, 0.15) is 5.56 Å². The second-order valence-corrected chi connectivity index (χ2v) is 5.10. The topological polar surface area (TPSA) is 82.6 Å². The zero-order chi connectivity index (χ0) is 16.8. The Bertz CT molecular complexity index is 452. The lowest BCUT2D eigenvalue weighted by Gasteiger charge is -2.12. The van der Waals surface area contributed by atoms with E-state index in [2.05, 4.69) is 16.0 Å². The fourth-order valence-electron chi connectivity index (χ4n) is 2.05. The van der Waals surface area contributed by atoms with Crippen molar-refractivity contribution in [2.45, 2.75) is 12.5 Å². The molecule has 0 aliphatic carbocycles. The van der Waals surface area contributed by atoms with Crippen LogP contribution in [0.4, 0.5) is 4.79 Å². The molecule has 1 aromatic rings. The van der Waals surface area contributed by atoms with Crippen molar-refractivity contribution < 1.29 is 14.6 Å². The molecule has 0 amide bonds. The highest BCUT2D eigenvalue weighted by atomic mass is 16.7. The molecule has 6 heteroatoms. The summed E-state index contributed by atoms with van der Waals surface area (Å²) in [5.74, 6) is 0. The van der Waals surface area contributed by atoms with Crippen molar-refractivity contribution in [3.05, 3.63) is 48.0 Å². The van der Waals surface area contributed by atoms with Gasteiger partial charge in [0.15, 0.2) is 0 Å². The van der Waals surface area contributed by atoms with Gasteiger partial charge in [-0.1, -0.05) is 36.4 Å². The highest BCUT2D eigenvalue weighted by Gasteiger charge is 2.10. The number of hydrogen-bond donors (Lipinski definition) is 4. The highest BCUT2D eigenvalue weighted by molar-refractivity contribution is 5.57. The molecule has 23 heavy (non-hydrogen) atoms. The zero-order valence-corrected chi connectivity index (χ0v) is 13.6. The Labute approximate surface area is 137 Å². The molecule has 0 aliphatic rings. The van der Waals surface area contributed by atoms with Gasteiger partial charge < -0.3 is 25.8 Å². The maximum Gasteiger partial charge on any atom is 0.506 e. The minimum Gasteiger partial charge on any atom is -0.450 e. The first-order chi connectivity index (χ1) is 11.2. The number of benzene rings is 1. The average molecular weight is 321 g/mol. The Morgan fingerprint density at radius 2 is 1.87 bits per heavy atom. The van der Waals surface area contributed by atoms with Crippen molar-refractivity contribution in [3.8, 4) is 0 Å². The van der Waals surface area contributed by atoms with E-state index < -0.39 is 12.3 Å². The highest BCUT2D eigenvalue weighted by Crippen LogP contribution is 2.07. The summed E-state index contributed by atoms with van der Waals surface area (Å²) < 4.78 is 4.91. The van der Waals surface area contributed by atoms with Gasteiger partial charge in [-0.15, -0.1) is 0 Å². The normalized spacial score (nSPS) is 12.4. The van der Waals surface area contributed by atoms with Crippen LogP contribution in [0, 0.1) is 0 Å². The van der Waals surface area contributed by atoms with E-state index in [1.54, 1.807) is 6.08 Å². The van der Waals surface area contributed by atoms with Gasteiger partial charge in [0, 0.05) is 39.1 Å². The maximum atomic E-state index is 10.8. The van der Waals surface area contributed by atoms with Crippen LogP contribution in [0.15, 0.2) is 42.5 Å². The van der Waals surface area contributed by atoms with E-state index in [0.29, 0.717) is 13.0 Å². The van der Waals surface area contributed by atoms with Gasteiger partial charge in [-0.25, -0.2) is 4.79 Å². The molecule has 1 unspecified atom stereocenters. The third-order valence-electron chi connectivity index (χ3n) is 3.18. The van der Waals surface area contributed by atoms with Gasteiger partial charge in [-0.3, -0.25) is 0 Å². The van der Waals surface area contributed by atoms with Crippen molar-refractivity contribution in [2.75, 3.05) is 39.8 Å². The average Bonchev–Trinajstić information content (AvgIpc) is 2.53. The Morgan fingerprint density at radius 3 is 2.57 bits per heavy atom. The summed E-state index contributed by atoms with van der Waals surface area (Å²) >= 11 is 0. The number of hydrogen-bond acceptors (Lipinski definition) is 5. The van der Waals surface area contributed by atoms with Crippen LogP contribution >= 0.6 is 0 Å². The summed E-state index contributed by atoms with van der Waals surface area (Å²) in [6.45, 7) is 4.33. The van der Waals surface area contributed by atoms with Crippen LogP contribution in [0.5, 0.6) is 0 Å². The van der Waals surface area contributed by atoms with Crippen LogP contribution in [-0.2, 0) is 11.2 Å². The summed E-state index contributed by atoms with van der Waals surface area (Å²) in [5.41, 5.74) is 1.05. The molecule has 0 saturated heterocycles. The molecular weight excluding hydrogens is 294 g/mol. The van der Waals surface area contributed by atoms with Crippen molar-refractivity contribution >= 4 is 6.16 Å². The molecule has 0 radical (unpaired) electrons. The minimum atomic E-state index is -1.25. The van der Waals surface area contributed by atoms with Crippen LogP contribution in [0.3, 0.4) is 0 Å². The number of carbonyl (C=O) groups is 1. The first-order valence-corrected chi connectivity index (χ1v) is 7.88. The zero-order valence-electron chi connectivity index (χ0n) is 13.6. The number of nitrogens with one attached hydrogen (secondary N) is 3. The molecular formula is C17H27N3O3. The van der Waals surface area contributed by atoms with Gasteiger partial charge in [0.25, 0.3) is 0 Å². The molecule has 6 nitrogen and oxygen atoms in total. The maximum absolute atomic E-state index is 10.8. The molecule has 0 saturated carbocycles. The predicted octanol–water partition coefficient (Wildman–Crippen LogP) is 1.25. The Kier molecular flexibility index (Phi) is 10.5. The summed E-state index contributed by atoms with van der Waals surface area (Å²) in [6.07, 6.45) is 2.52. The minimum absolute atomic E-state index is 0.467. The van der Waals surface area contributed by atoms with Gasteiger partial charge >= 0.3 is 6.16 Å². The number of ether oxygens (including phenoxy) is 1. The molecule has 1 aromatic carbocycles. The van der Waals surface area contributed by atoms with Gasteiger partial charge in [-0.2, -0.15) is 0 Å². The number of carboxylic acid groups (broad SMARTS) is 1. The standard InChI is InChI=1S/C17H27N3O3/c1-18-10-11-20-13-12-19-9-5-8-16(23-17(21)22)14-15-6-3-2-4-7-15/h2-8,16,18-20H,9-14H2,1H3,(H,21,22). The molecule has 4 N–H and O–H groups in total. The lowest BCUT2D eigenvalue weighted by atomic mass is 10.1. The van der Waals surface area contributed by atoms with E-state index in [1.807, 2.05) is 43.5 Å². The van der Waals surface area contributed by atoms with Crippen LogP contribution in [0.25, 0.3) is 0 Å². The van der Waals surface area contributed by atoms with Crippen molar-refractivity contribution in [1.29, 1.82) is 0 Å². The predicted molar refractivity (Wildman–Crippen MR) is 91.8 cm³/mol. The van der Waals surface area contributed by atoms with Crippen molar-refractivity contribution in [2.24, 2.45) is 0 Å². The van der Waals surface area contributed by atoms with E-state index in [1.165, 1.54) is 0 Å². The van der Waals surface area contributed by atoms with E-state index in [9.17, 15) is 4.79 Å². The number of rotatable bonds is 12. The van der Waals surface area contributed by atoms with Gasteiger partial charge in [0.05, 0.1) is 0 Å². The van der Waals surface area contributed by atoms with Crippen molar-refractivity contribution in [3.63, 3.8) is 0 Å². The monoisotopic (exact) mass is 321 g/mol. The first-order valence-electron chi connectivity index (χ1n) is 7.88. The molecule has 0 heterocycles. The molecule has 128 valence electrons. The van der Waals surface area contributed by atoms with Gasteiger partial charge in [0.1, 0.15) is 6.10 Å². The van der Waals surface area contributed by atoms with E-state index in [-0.39, 0.29) is 0 Å². The van der Waals surface area contributed by atoms with E-state index in [4.69, 9.17) is 9.84 Å². The van der Waals surface area contributed by atoms with Crippen molar-refractivity contribution in [1.82, 2.24) is 16.0 Å². The largest absolute Gasteiger partial charge is 0.506 e. The SMILES string of the molecule is CNCCNCCNCC=CC(Cc1ccccc1)OC(=O)O. The lowest BCUT2D eigenvalue weighted by Crippen LogP contribution is -2.31. The van der Waals surface area contributed by atoms with E-state index in [0.717, 1.165) is 31.7 Å².